The molecule has 19 heavy (non-hydrogen) atoms. The molecule has 1 aromatic rings. The van der Waals surface area contributed by atoms with Crippen molar-refractivity contribution in [3.05, 3.63) is 22.8 Å². The minimum Gasteiger partial charge on any atom is -0.355 e. The van der Waals surface area contributed by atoms with Gasteiger partial charge < -0.3 is 10.2 Å². The number of nitrogens with one attached hydrogen (secondary N) is 1. The van der Waals surface area contributed by atoms with Crippen molar-refractivity contribution in [2.45, 2.75) is 26.3 Å². The van der Waals surface area contributed by atoms with Crippen LogP contribution in [0.15, 0.2) is 12.3 Å². The summed E-state index contributed by atoms with van der Waals surface area (Å²) < 4.78 is 0. The highest BCUT2D eigenvalue weighted by molar-refractivity contribution is 7.99. The monoisotopic (exact) mass is 299 g/mol. The van der Waals surface area contributed by atoms with Crippen molar-refractivity contribution in [3.8, 4) is 0 Å². The third-order valence-electron chi connectivity index (χ3n) is 3.16. The minimum absolute atomic E-state index is 0.780. The van der Waals surface area contributed by atoms with Crippen molar-refractivity contribution < 1.29 is 0 Å². The van der Waals surface area contributed by atoms with Gasteiger partial charge >= 0.3 is 0 Å². The first-order valence-electron chi connectivity index (χ1n) is 6.99. The third kappa shape index (κ3) is 4.55. The predicted octanol–water partition coefficient (Wildman–Crippen LogP) is 3.18. The lowest BCUT2D eigenvalue weighted by Gasteiger charge is -2.22. The van der Waals surface area contributed by atoms with Gasteiger partial charge in [-0.3, -0.25) is 0 Å². The first-order valence-corrected chi connectivity index (χ1v) is 8.52. The molecule has 3 nitrogen and oxygen atoms in total. The van der Waals surface area contributed by atoms with Crippen LogP contribution in [-0.2, 0) is 6.54 Å². The van der Waals surface area contributed by atoms with Crippen LogP contribution in [0, 0.1) is 0 Å². The zero-order valence-corrected chi connectivity index (χ0v) is 13.1. The second kappa shape index (κ2) is 7.98. The first kappa shape index (κ1) is 14.9. The van der Waals surface area contributed by atoms with Crippen LogP contribution in [-0.4, -0.2) is 36.1 Å². The Morgan fingerprint density at radius 1 is 1.42 bits per heavy atom. The second-order valence-electron chi connectivity index (χ2n) is 4.78. The Bertz CT molecular complexity index is 392. The molecule has 1 N–H and O–H groups in total. The molecule has 0 radical (unpaired) electrons. The number of nitrogens with zero attached hydrogens (tertiary/aromatic N) is 2. The summed E-state index contributed by atoms with van der Waals surface area (Å²) in [5.74, 6) is 3.36. The Hall–Kier alpha value is -0.450. The fraction of sp³-hybridized carbons (Fsp3) is 0.643. The van der Waals surface area contributed by atoms with Crippen molar-refractivity contribution in [2.24, 2.45) is 0 Å². The van der Waals surface area contributed by atoms with Gasteiger partial charge in [-0.25, -0.2) is 4.98 Å². The number of thioether (sulfide) groups is 1. The van der Waals surface area contributed by atoms with Gasteiger partial charge in [0.05, 0.1) is 5.02 Å². The molecule has 2 rings (SSSR count). The first-order chi connectivity index (χ1) is 9.31. The average Bonchev–Trinajstić information content (AvgIpc) is 2.68. The maximum atomic E-state index is 6.39. The Labute approximate surface area is 125 Å². The number of aromatic nitrogens is 1. The zero-order valence-electron chi connectivity index (χ0n) is 11.5. The van der Waals surface area contributed by atoms with Crippen LogP contribution in [0.4, 0.5) is 5.82 Å². The van der Waals surface area contributed by atoms with E-state index in [1.54, 1.807) is 0 Å². The molecule has 1 aromatic heterocycles. The van der Waals surface area contributed by atoms with Crippen molar-refractivity contribution in [1.29, 1.82) is 0 Å². The van der Waals surface area contributed by atoms with E-state index in [1.165, 1.54) is 12.2 Å². The van der Waals surface area contributed by atoms with E-state index >= 15 is 0 Å². The van der Waals surface area contributed by atoms with E-state index in [0.29, 0.717) is 0 Å². The molecule has 106 valence electrons. The van der Waals surface area contributed by atoms with Gasteiger partial charge in [0.1, 0.15) is 5.82 Å². The maximum Gasteiger partial charge on any atom is 0.147 e. The second-order valence-corrected chi connectivity index (χ2v) is 6.41. The summed E-state index contributed by atoms with van der Waals surface area (Å²) in [6.07, 6.45) is 4.30. The summed E-state index contributed by atoms with van der Waals surface area (Å²) in [5.41, 5.74) is 1.16. The number of hydrogen-bond acceptors (Lipinski definition) is 4. The molecular formula is C14H22ClN3S. The van der Waals surface area contributed by atoms with E-state index in [4.69, 9.17) is 11.6 Å². The van der Waals surface area contributed by atoms with Gasteiger partial charge in [0.15, 0.2) is 0 Å². The van der Waals surface area contributed by atoms with Crippen molar-refractivity contribution in [2.75, 3.05) is 36.0 Å². The van der Waals surface area contributed by atoms with Crippen molar-refractivity contribution in [1.82, 2.24) is 10.3 Å². The molecule has 0 amide bonds. The zero-order chi connectivity index (χ0) is 13.5. The number of anilines is 1. The van der Waals surface area contributed by atoms with E-state index in [-0.39, 0.29) is 0 Å². The van der Waals surface area contributed by atoms with Crippen molar-refractivity contribution in [3.63, 3.8) is 0 Å². The summed E-state index contributed by atoms with van der Waals surface area (Å²) in [6, 6.07) is 2.05. The molecular weight excluding hydrogens is 278 g/mol. The Kier molecular flexibility index (Phi) is 6.28. The standard InChI is InChI=1S/C14H22ClN3S/c1-2-4-16-10-12-9-13(15)14(17-11-12)18-5-3-7-19-8-6-18/h9,11,16H,2-8,10H2,1H3. The topological polar surface area (TPSA) is 28.2 Å². The van der Waals surface area contributed by atoms with Gasteiger partial charge in [-0.15, -0.1) is 0 Å². The van der Waals surface area contributed by atoms with Crippen molar-refractivity contribution >= 4 is 29.2 Å². The molecule has 5 heteroatoms. The summed E-state index contributed by atoms with van der Waals surface area (Å²) in [4.78, 5) is 6.88. The maximum absolute atomic E-state index is 6.39. The van der Waals surface area contributed by atoms with E-state index in [2.05, 4.69) is 22.1 Å². The molecule has 0 aromatic carbocycles. The van der Waals surface area contributed by atoms with Crippen LogP contribution < -0.4 is 10.2 Å². The lowest BCUT2D eigenvalue weighted by atomic mass is 10.2. The van der Waals surface area contributed by atoms with Gasteiger partial charge in [-0.1, -0.05) is 18.5 Å². The fourth-order valence-corrected chi connectivity index (χ4v) is 3.36. The molecule has 0 unspecified atom stereocenters. The number of hydrogen-bond donors (Lipinski definition) is 1. The summed E-state index contributed by atoms with van der Waals surface area (Å²) in [5, 5.41) is 4.15. The van der Waals surface area contributed by atoms with Gasteiger partial charge in [0, 0.05) is 31.6 Å². The molecule has 0 atom stereocenters. The van der Waals surface area contributed by atoms with E-state index < -0.39 is 0 Å². The van der Waals surface area contributed by atoms with Crippen LogP contribution in [0.3, 0.4) is 0 Å². The van der Waals surface area contributed by atoms with Crippen LogP contribution in [0.2, 0.25) is 5.02 Å². The number of rotatable bonds is 5. The van der Waals surface area contributed by atoms with Crippen LogP contribution in [0.25, 0.3) is 0 Å². The van der Waals surface area contributed by atoms with Crippen LogP contribution >= 0.6 is 23.4 Å². The number of halogens is 1. The highest BCUT2D eigenvalue weighted by Gasteiger charge is 2.14. The Balaban J connectivity index is 2.01. The third-order valence-corrected chi connectivity index (χ3v) is 4.48. The highest BCUT2D eigenvalue weighted by atomic mass is 35.5. The summed E-state index contributed by atoms with van der Waals surface area (Å²) >= 11 is 8.40. The summed E-state index contributed by atoms with van der Waals surface area (Å²) in [6.45, 7) is 6.15. The largest absolute Gasteiger partial charge is 0.355 e. The Morgan fingerprint density at radius 3 is 3.11 bits per heavy atom. The molecule has 0 spiro atoms. The quantitative estimate of drug-likeness (QED) is 0.845. The minimum atomic E-state index is 0.780. The molecule has 0 bridgehead atoms. The molecule has 0 saturated carbocycles. The summed E-state index contributed by atoms with van der Waals surface area (Å²) in [7, 11) is 0. The van der Waals surface area contributed by atoms with E-state index in [0.717, 1.165) is 54.8 Å². The average molecular weight is 300 g/mol. The van der Waals surface area contributed by atoms with Gasteiger partial charge in [0.2, 0.25) is 0 Å². The molecule has 1 fully saturated rings. The normalized spacial score (nSPS) is 16.4. The predicted molar refractivity (Wildman–Crippen MR) is 85.4 cm³/mol. The van der Waals surface area contributed by atoms with Gasteiger partial charge in [0.25, 0.3) is 0 Å². The lowest BCUT2D eigenvalue weighted by Crippen LogP contribution is -2.26. The molecule has 2 heterocycles. The highest BCUT2D eigenvalue weighted by Crippen LogP contribution is 2.26. The molecule has 1 aliphatic rings. The van der Waals surface area contributed by atoms with Crippen LogP contribution in [0.1, 0.15) is 25.3 Å². The Morgan fingerprint density at radius 2 is 2.32 bits per heavy atom. The molecule has 1 aliphatic heterocycles. The number of pyridine rings is 1. The molecule has 0 aliphatic carbocycles. The fourth-order valence-electron chi connectivity index (χ4n) is 2.17. The van der Waals surface area contributed by atoms with Gasteiger partial charge in [-0.05, 0) is 36.8 Å². The SMILES string of the molecule is CCCNCc1cnc(N2CCCSCC2)c(Cl)c1. The molecule has 1 saturated heterocycles. The van der Waals surface area contributed by atoms with E-state index in [1.807, 2.05) is 24.0 Å². The van der Waals surface area contributed by atoms with E-state index in [9.17, 15) is 0 Å². The van der Waals surface area contributed by atoms with Crippen LogP contribution in [0.5, 0.6) is 0 Å². The lowest BCUT2D eigenvalue weighted by molar-refractivity contribution is 0.673. The van der Waals surface area contributed by atoms with Gasteiger partial charge in [-0.2, -0.15) is 11.8 Å². The smallest absolute Gasteiger partial charge is 0.147 e.